The van der Waals surface area contributed by atoms with Crippen LogP contribution >= 0.6 is 0 Å². The van der Waals surface area contributed by atoms with Gasteiger partial charge in [-0.05, 0) is 30.4 Å². The van der Waals surface area contributed by atoms with Gasteiger partial charge in [0.15, 0.2) is 0 Å². The lowest BCUT2D eigenvalue weighted by molar-refractivity contribution is -0.144. The third-order valence-corrected chi connectivity index (χ3v) is 3.45. The SMILES string of the molecule is COC(=O)C(COc1ccccc1C(C)C)NC1CC1. The fraction of sp³-hybridized carbons (Fsp3) is 0.562. The molecule has 0 amide bonds. The standard InChI is InChI=1S/C16H23NO3/c1-11(2)13-6-4-5-7-15(13)20-10-14(16(18)19-3)17-12-8-9-12/h4-7,11-12,14,17H,8-10H2,1-3H3. The molecule has 20 heavy (non-hydrogen) atoms. The third-order valence-electron chi connectivity index (χ3n) is 3.45. The van der Waals surface area contributed by atoms with Crippen molar-refractivity contribution in [3.63, 3.8) is 0 Å². The van der Waals surface area contributed by atoms with Crippen LogP contribution in [0.15, 0.2) is 24.3 Å². The maximum absolute atomic E-state index is 11.8. The van der Waals surface area contributed by atoms with Crippen LogP contribution in [0, 0.1) is 0 Å². The van der Waals surface area contributed by atoms with E-state index in [2.05, 4.69) is 25.2 Å². The molecule has 0 saturated heterocycles. The van der Waals surface area contributed by atoms with Crippen molar-refractivity contribution < 1.29 is 14.3 Å². The fourth-order valence-corrected chi connectivity index (χ4v) is 2.12. The zero-order valence-electron chi connectivity index (χ0n) is 12.4. The highest BCUT2D eigenvalue weighted by Gasteiger charge is 2.29. The average Bonchev–Trinajstić information content (AvgIpc) is 3.26. The molecule has 0 aromatic heterocycles. The van der Waals surface area contributed by atoms with Crippen LogP contribution in [0.5, 0.6) is 5.75 Å². The lowest BCUT2D eigenvalue weighted by Gasteiger charge is -2.19. The highest BCUT2D eigenvalue weighted by molar-refractivity contribution is 5.76. The molecule has 110 valence electrons. The van der Waals surface area contributed by atoms with Gasteiger partial charge in [0.05, 0.1) is 7.11 Å². The number of para-hydroxylation sites is 1. The van der Waals surface area contributed by atoms with Crippen LogP contribution < -0.4 is 10.1 Å². The third kappa shape index (κ3) is 3.97. The summed E-state index contributed by atoms with van der Waals surface area (Å²) in [6, 6.07) is 7.99. The predicted molar refractivity (Wildman–Crippen MR) is 78.0 cm³/mol. The van der Waals surface area contributed by atoms with Crippen molar-refractivity contribution in [3.8, 4) is 5.75 Å². The molecule has 1 aliphatic rings. The van der Waals surface area contributed by atoms with E-state index in [1.807, 2.05) is 18.2 Å². The number of carbonyl (C=O) groups is 1. The zero-order valence-corrected chi connectivity index (χ0v) is 12.4. The van der Waals surface area contributed by atoms with E-state index in [9.17, 15) is 4.79 Å². The number of benzene rings is 1. The summed E-state index contributed by atoms with van der Waals surface area (Å²) in [5.41, 5.74) is 1.16. The number of esters is 1. The normalized spacial score (nSPS) is 16.0. The van der Waals surface area contributed by atoms with Gasteiger partial charge in [-0.15, -0.1) is 0 Å². The van der Waals surface area contributed by atoms with Crippen LogP contribution in [-0.4, -0.2) is 31.8 Å². The van der Waals surface area contributed by atoms with Gasteiger partial charge in [-0.1, -0.05) is 32.0 Å². The molecule has 1 fully saturated rings. The molecule has 0 heterocycles. The molecule has 1 aromatic rings. The zero-order chi connectivity index (χ0) is 14.5. The number of carbonyl (C=O) groups excluding carboxylic acids is 1. The molecule has 1 aliphatic carbocycles. The van der Waals surface area contributed by atoms with Gasteiger partial charge >= 0.3 is 5.97 Å². The Balaban J connectivity index is 1.99. The topological polar surface area (TPSA) is 47.6 Å². The Bertz CT molecular complexity index is 455. The maximum Gasteiger partial charge on any atom is 0.326 e. The summed E-state index contributed by atoms with van der Waals surface area (Å²) in [5, 5.41) is 3.26. The van der Waals surface area contributed by atoms with Gasteiger partial charge < -0.3 is 9.47 Å². The minimum atomic E-state index is -0.396. The lowest BCUT2D eigenvalue weighted by atomic mass is 10.0. The molecule has 4 nitrogen and oxygen atoms in total. The van der Waals surface area contributed by atoms with E-state index in [0.29, 0.717) is 18.6 Å². The second kappa shape index (κ2) is 6.75. The molecule has 2 rings (SSSR count). The van der Waals surface area contributed by atoms with Gasteiger partial charge in [0.2, 0.25) is 0 Å². The first kappa shape index (κ1) is 14.9. The number of methoxy groups -OCH3 is 1. The van der Waals surface area contributed by atoms with Crippen LogP contribution in [0.4, 0.5) is 0 Å². The molecule has 1 atom stereocenters. The molecule has 0 aliphatic heterocycles. The van der Waals surface area contributed by atoms with Crippen molar-refractivity contribution >= 4 is 5.97 Å². The van der Waals surface area contributed by atoms with E-state index in [1.54, 1.807) is 0 Å². The van der Waals surface area contributed by atoms with Crippen molar-refractivity contribution in [1.29, 1.82) is 0 Å². The summed E-state index contributed by atoms with van der Waals surface area (Å²) in [6.45, 7) is 4.55. The molecule has 1 N–H and O–H groups in total. The second-order valence-corrected chi connectivity index (χ2v) is 5.52. The summed E-state index contributed by atoms with van der Waals surface area (Å²) in [7, 11) is 1.41. The van der Waals surface area contributed by atoms with Crippen molar-refractivity contribution in [1.82, 2.24) is 5.32 Å². The van der Waals surface area contributed by atoms with Crippen LogP contribution in [0.25, 0.3) is 0 Å². The average molecular weight is 277 g/mol. The van der Waals surface area contributed by atoms with Crippen LogP contribution in [-0.2, 0) is 9.53 Å². The Hall–Kier alpha value is -1.55. The minimum absolute atomic E-state index is 0.265. The quantitative estimate of drug-likeness (QED) is 0.778. The second-order valence-electron chi connectivity index (χ2n) is 5.52. The molecule has 1 saturated carbocycles. The Morgan fingerprint density at radius 2 is 2.05 bits per heavy atom. The highest BCUT2D eigenvalue weighted by Crippen LogP contribution is 2.26. The van der Waals surface area contributed by atoms with Gasteiger partial charge in [-0.3, -0.25) is 10.1 Å². The van der Waals surface area contributed by atoms with Gasteiger partial charge in [0.25, 0.3) is 0 Å². The monoisotopic (exact) mass is 277 g/mol. The summed E-state index contributed by atoms with van der Waals surface area (Å²) < 4.78 is 10.7. The Kier molecular flexibility index (Phi) is 5.01. The molecular formula is C16H23NO3. The summed E-state index contributed by atoms with van der Waals surface area (Å²) >= 11 is 0. The van der Waals surface area contributed by atoms with Crippen LogP contribution in [0.2, 0.25) is 0 Å². The van der Waals surface area contributed by atoms with Gasteiger partial charge in [0, 0.05) is 6.04 Å². The van der Waals surface area contributed by atoms with E-state index in [4.69, 9.17) is 9.47 Å². The molecule has 0 bridgehead atoms. The Labute approximate surface area is 120 Å². The highest BCUT2D eigenvalue weighted by atomic mass is 16.5. The smallest absolute Gasteiger partial charge is 0.326 e. The summed E-state index contributed by atoms with van der Waals surface area (Å²) in [6.07, 6.45) is 2.24. The first-order valence-electron chi connectivity index (χ1n) is 7.17. The number of hydrogen-bond acceptors (Lipinski definition) is 4. The van der Waals surface area contributed by atoms with Gasteiger partial charge in [-0.2, -0.15) is 0 Å². The number of hydrogen-bond donors (Lipinski definition) is 1. The minimum Gasteiger partial charge on any atom is -0.491 e. The Morgan fingerprint density at radius 1 is 1.35 bits per heavy atom. The van der Waals surface area contributed by atoms with E-state index in [1.165, 1.54) is 7.11 Å². The van der Waals surface area contributed by atoms with E-state index >= 15 is 0 Å². The van der Waals surface area contributed by atoms with E-state index in [0.717, 1.165) is 24.2 Å². The molecule has 4 heteroatoms. The fourth-order valence-electron chi connectivity index (χ4n) is 2.12. The van der Waals surface area contributed by atoms with Crippen molar-refractivity contribution in [2.75, 3.05) is 13.7 Å². The largest absolute Gasteiger partial charge is 0.491 e. The molecular weight excluding hydrogens is 254 g/mol. The summed E-state index contributed by atoms with van der Waals surface area (Å²) in [4.78, 5) is 11.8. The molecule has 1 aromatic carbocycles. The predicted octanol–water partition coefficient (Wildman–Crippen LogP) is 2.48. The van der Waals surface area contributed by atoms with Crippen molar-refractivity contribution in [3.05, 3.63) is 29.8 Å². The van der Waals surface area contributed by atoms with E-state index < -0.39 is 6.04 Å². The van der Waals surface area contributed by atoms with Crippen molar-refractivity contribution in [2.45, 2.75) is 44.7 Å². The molecule has 1 unspecified atom stereocenters. The summed E-state index contributed by atoms with van der Waals surface area (Å²) in [5.74, 6) is 0.965. The van der Waals surface area contributed by atoms with Crippen LogP contribution in [0.1, 0.15) is 38.2 Å². The first-order chi connectivity index (χ1) is 9.61. The number of ether oxygens (including phenoxy) is 2. The van der Waals surface area contributed by atoms with Gasteiger partial charge in [-0.25, -0.2) is 0 Å². The molecule has 0 spiro atoms. The molecule has 0 radical (unpaired) electrons. The number of rotatable bonds is 7. The van der Waals surface area contributed by atoms with Gasteiger partial charge in [0.1, 0.15) is 18.4 Å². The number of nitrogens with one attached hydrogen (secondary N) is 1. The van der Waals surface area contributed by atoms with Crippen molar-refractivity contribution in [2.24, 2.45) is 0 Å². The Morgan fingerprint density at radius 3 is 2.65 bits per heavy atom. The lowest BCUT2D eigenvalue weighted by Crippen LogP contribution is -2.43. The maximum atomic E-state index is 11.8. The van der Waals surface area contributed by atoms with Crippen LogP contribution in [0.3, 0.4) is 0 Å². The first-order valence-corrected chi connectivity index (χ1v) is 7.17. The van der Waals surface area contributed by atoms with E-state index in [-0.39, 0.29) is 5.97 Å².